The van der Waals surface area contributed by atoms with E-state index >= 15 is 0 Å². The summed E-state index contributed by atoms with van der Waals surface area (Å²) in [5.74, 6) is -2.18. The van der Waals surface area contributed by atoms with E-state index in [1.54, 1.807) is 6.07 Å². The zero-order chi connectivity index (χ0) is 15.4. The lowest BCUT2D eigenvalue weighted by molar-refractivity contribution is -0.129. The van der Waals surface area contributed by atoms with Gasteiger partial charge in [-0.1, -0.05) is 0 Å². The first kappa shape index (κ1) is 14.9. The number of benzene rings is 1. The van der Waals surface area contributed by atoms with E-state index in [9.17, 15) is 18.8 Å². The minimum Gasteiger partial charge on any atom is -0.451 e. The highest BCUT2D eigenvalue weighted by molar-refractivity contribution is 7.20. The number of amides is 2. The molecule has 0 saturated heterocycles. The van der Waals surface area contributed by atoms with Crippen LogP contribution < -0.4 is 10.9 Å². The van der Waals surface area contributed by atoms with Gasteiger partial charge in [-0.3, -0.25) is 20.4 Å². The third kappa shape index (κ3) is 3.99. The van der Waals surface area contributed by atoms with Gasteiger partial charge in [0.1, 0.15) is 10.7 Å². The number of hydrogen-bond donors (Lipinski definition) is 2. The fourth-order valence-corrected chi connectivity index (χ4v) is 2.45. The number of halogens is 1. The SMILES string of the molecule is CC(=O)NNC(=O)COC(=O)c1cc2cc(F)ccc2s1. The quantitative estimate of drug-likeness (QED) is 0.662. The van der Waals surface area contributed by atoms with E-state index in [4.69, 9.17) is 4.74 Å². The van der Waals surface area contributed by atoms with Crippen molar-refractivity contribution in [3.8, 4) is 0 Å². The zero-order valence-electron chi connectivity index (χ0n) is 10.9. The topological polar surface area (TPSA) is 84.5 Å². The average molecular weight is 310 g/mol. The molecule has 0 aliphatic rings. The summed E-state index contributed by atoms with van der Waals surface area (Å²) in [6.07, 6.45) is 0. The Morgan fingerprint density at radius 3 is 2.71 bits per heavy atom. The lowest BCUT2D eigenvalue weighted by Gasteiger charge is -2.05. The number of hydrogen-bond acceptors (Lipinski definition) is 5. The highest BCUT2D eigenvalue weighted by Gasteiger charge is 2.14. The molecule has 1 aromatic carbocycles. The summed E-state index contributed by atoms with van der Waals surface area (Å²) in [7, 11) is 0. The molecule has 0 aliphatic carbocycles. The molecule has 2 N–H and O–H groups in total. The van der Waals surface area contributed by atoms with Crippen LogP contribution in [0.4, 0.5) is 4.39 Å². The Morgan fingerprint density at radius 1 is 1.24 bits per heavy atom. The standard InChI is InChI=1S/C13H11FN2O4S/c1-7(17)15-16-12(18)6-20-13(19)11-5-8-4-9(14)2-3-10(8)21-11/h2-5H,6H2,1H3,(H,15,17)(H,16,18). The number of thiophene rings is 1. The van der Waals surface area contributed by atoms with Crippen molar-refractivity contribution in [2.45, 2.75) is 6.92 Å². The molecule has 0 fully saturated rings. The molecule has 0 unspecified atom stereocenters. The van der Waals surface area contributed by atoms with Gasteiger partial charge in [-0.05, 0) is 29.7 Å². The Hall–Kier alpha value is -2.48. The Kier molecular flexibility index (Phi) is 4.49. The second kappa shape index (κ2) is 6.31. The second-order valence-electron chi connectivity index (χ2n) is 4.10. The number of nitrogens with one attached hydrogen (secondary N) is 2. The van der Waals surface area contributed by atoms with Gasteiger partial charge in [0.25, 0.3) is 5.91 Å². The number of ether oxygens (including phenoxy) is 1. The molecule has 0 bridgehead atoms. The van der Waals surface area contributed by atoms with Gasteiger partial charge in [0.15, 0.2) is 6.61 Å². The smallest absolute Gasteiger partial charge is 0.348 e. The summed E-state index contributed by atoms with van der Waals surface area (Å²) in [4.78, 5) is 33.9. The largest absolute Gasteiger partial charge is 0.451 e. The molecule has 1 heterocycles. The van der Waals surface area contributed by atoms with Crippen molar-refractivity contribution in [1.82, 2.24) is 10.9 Å². The molecule has 0 saturated carbocycles. The maximum atomic E-state index is 13.1. The Morgan fingerprint density at radius 2 is 2.00 bits per heavy atom. The molecule has 0 atom stereocenters. The summed E-state index contributed by atoms with van der Waals surface area (Å²) in [6, 6.07) is 5.67. The van der Waals surface area contributed by atoms with Gasteiger partial charge < -0.3 is 4.74 Å². The van der Waals surface area contributed by atoms with Gasteiger partial charge in [0.2, 0.25) is 5.91 Å². The van der Waals surface area contributed by atoms with Crippen molar-refractivity contribution in [3.63, 3.8) is 0 Å². The molecule has 21 heavy (non-hydrogen) atoms. The van der Waals surface area contributed by atoms with Gasteiger partial charge >= 0.3 is 5.97 Å². The Bertz CT molecular complexity index is 713. The van der Waals surface area contributed by atoms with Gasteiger partial charge in [-0.2, -0.15) is 0 Å². The molecule has 1 aromatic heterocycles. The van der Waals surface area contributed by atoms with E-state index < -0.39 is 30.2 Å². The van der Waals surface area contributed by atoms with Crippen LogP contribution in [0.25, 0.3) is 10.1 Å². The lowest BCUT2D eigenvalue weighted by atomic mass is 10.2. The van der Waals surface area contributed by atoms with Crippen LogP contribution in [-0.4, -0.2) is 24.4 Å². The van der Waals surface area contributed by atoms with Gasteiger partial charge in [-0.25, -0.2) is 9.18 Å². The van der Waals surface area contributed by atoms with Crippen LogP contribution in [-0.2, 0) is 14.3 Å². The fraction of sp³-hybridized carbons (Fsp3) is 0.154. The number of fused-ring (bicyclic) bond motifs is 1. The summed E-state index contributed by atoms with van der Waals surface area (Å²) >= 11 is 1.14. The first-order chi connectivity index (χ1) is 9.95. The fourth-order valence-electron chi connectivity index (χ4n) is 1.51. The summed E-state index contributed by atoms with van der Waals surface area (Å²) in [6.45, 7) is 0.699. The predicted octanol–water partition coefficient (Wildman–Crippen LogP) is 1.36. The van der Waals surface area contributed by atoms with Crippen LogP contribution in [0.3, 0.4) is 0 Å². The normalized spacial score (nSPS) is 10.2. The minimum absolute atomic E-state index is 0.267. The third-order valence-electron chi connectivity index (χ3n) is 2.39. The van der Waals surface area contributed by atoms with E-state index in [0.29, 0.717) is 5.39 Å². The number of hydrazine groups is 1. The Labute approximate surface area is 122 Å². The van der Waals surface area contributed by atoms with E-state index in [0.717, 1.165) is 16.0 Å². The van der Waals surface area contributed by atoms with E-state index in [1.165, 1.54) is 25.1 Å². The molecule has 0 spiro atoms. The highest BCUT2D eigenvalue weighted by atomic mass is 32.1. The van der Waals surface area contributed by atoms with E-state index in [1.807, 2.05) is 0 Å². The van der Waals surface area contributed by atoms with E-state index in [2.05, 4.69) is 10.9 Å². The number of carbonyl (C=O) groups excluding carboxylic acids is 3. The molecule has 2 aromatic rings. The molecule has 110 valence electrons. The van der Waals surface area contributed by atoms with Crippen LogP contribution in [0.1, 0.15) is 16.6 Å². The zero-order valence-corrected chi connectivity index (χ0v) is 11.8. The van der Waals surface area contributed by atoms with Crippen LogP contribution in [0.15, 0.2) is 24.3 Å². The first-order valence-corrected chi connectivity index (χ1v) is 6.69. The summed E-state index contributed by atoms with van der Waals surface area (Å²) in [5, 5.41) is 0.592. The van der Waals surface area contributed by atoms with Crippen LogP contribution in [0.5, 0.6) is 0 Å². The van der Waals surface area contributed by atoms with Crippen LogP contribution in [0.2, 0.25) is 0 Å². The molecule has 0 aliphatic heterocycles. The first-order valence-electron chi connectivity index (χ1n) is 5.87. The predicted molar refractivity (Wildman–Crippen MR) is 74.0 cm³/mol. The second-order valence-corrected chi connectivity index (χ2v) is 5.18. The van der Waals surface area contributed by atoms with E-state index in [-0.39, 0.29) is 4.88 Å². The highest BCUT2D eigenvalue weighted by Crippen LogP contribution is 2.26. The Balaban J connectivity index is 1.96. The minimum atomic E-state index is -0.686. The van der Waals surface area contributed by atoms with Crippen LogP contribution in [0, 0.1) is 5.82 Å². The summed E-state index contributed by atoms with van der Waals surface area (Å²) < 4.78 is 18.6. The number of rotatable bonds is 3. The average Bonchev–Trinajstić information content (AvgIpc) is 2.85. The van der Waals surface area contributed by atoms with Crippen molar-refractivity contribution < 1.29 is 23.5 Å². The van der Waals surface area contributed by atoms with Crippen molar-refractivity contribution in [2.24, 2.45) is 0 Å². The molecular weight excluding hydrogens is 299 g/mol. The van der Waals surface area contributed by atoms with Crippen molar-refractivity contribution in [2.75, 3.05) is 6.61 Å². The molecule has 6 nitrogen and oxygen atoms in total. The van der Waals surface area contributed by atoms with Crippen molar-refractivity contribution in [3.05, 3.63) is 35.0 Å². The van der Waals surface area contributed by atoms with Crippen molar-refractivity contribution >= 4 is 39.2 Å². The number of esters is 1. The molecule has 8 heteroatoms. The van der Waals surface area contributed by atoms with Crippen molar-refractivity contribution in [1.29, 1.82) is 0 Å². The monoisotopic (exact) mass is 310 g/mol. The maximum absolute atomic E-state index is 13.1. The molecular formula is C13H11FN2O4S. The van der Waals surface area contributed by atoms with Gasteiger partial charge in [0.05, 0.1) is 0 Å². The molecule has 0 radical (unpaired) electrons. The van der Waals surface area contributed by atoms with Gasteiger partial charge in [-0.15, -0.1) is 11.3 Å². The van der Waals surface area contributed by atoms with Gasteiger partial charge in [0, 0.05) is 11.6 Å². The molecule has 2 rings (SSSR count). The third-order valence-corrected chi connectivity index (χ3v) is 3.49. The maximum Gasteiger partial charge on any atom is 0.348 e. The summed E-state index contributed by atoms with van der Waals surface area (Å²) in [5.41, 5.74) is 4.13. The lowest BCUT2D eigenvalue weighted by Crippen LogP contribution is -2.42. The van der Waals surface area contributed by atoms with Crippen LogP contribution >= 0.6 is 11.3 Å². The number of carbonyl (C=O) groups is 3. The molecule has 2 amide bonds.